The second-order valence-corrected chi connectivity index (χ2v) is 5.50. The summed E-state index contributed by atoms with van der Waals surface area (Å²) in [6.07, 6.45) is 1.81. The van der Waals surface area contributed by atoms with Gasteiger partial charge in [-0.25, -0.2) is 0 Å². The first kappa shape index (κ1) is 14.3. The van der Waals surface area contributed by atoms with E-state index in [9.17, 15) is 4.79 Å². The van der Waals surface area contributed by atoms with Crippen molar-refractivity contribution in [3.8, 4) is 11.1 Å². The average molecular weight is 293 g/mol. The zero-order valence-corrected chi connectivity index (χ0v) is 13.0. The van der Waals surface area contributed by atoms with Crippen molar-refractivity contribution in [2.75, 3.05) is 6.54 Å². The number of aromatic amines is 1. The molecule has 0 unspecified atom stereocenters. The highest BCUT2D eigenvalue weighted by Gasteiger charge is 2.12. The zero-order chi connectivity index (χ0) is 15.7. The Morgan fingerprint density at radius 2 is 2.05 bits per heavy atom. The minimum atomic E-state index is -0.0329. The van der Waals surface area contributed by atoms with Crippen LogP contribution in [0.15, 0.2) is 36.5 Å². The fourth-order valence-electron chi connectivity index (χ4n) is 2.66. The summed E-state index contributed by atoms with van der Waals surface area (Å²) in [4.78, 5) is 12.1. The van der Waals surface area contributed by atoms with Gasteiger partial charge in [-0.15, -0.1) is 0 Å². The van der Waals surface area contributed by atoms with E-state index in [0.29, 0.717) is 12.1 Å². The predicted molar refractivity (Wildman–Crippen MR) is 89.0 cm³/mol. The van der Waals surface area contributed by atoms with Crippen LogP contribution in [0.4, 0.5) is 0 Å². The molecule has 2 N–H and O–H groups in total. The number of hydrogen-bond donors (Lipinski definition) is 2. The van der Waals surface area contributed by atoms with Crippen LogP contribution < -0.4 is 5.32 Å². The number of amides is 1. The van der Waals surface area contributed by atoms with E-state index in [2.05, 4.69) is 34.6 Å². The fourth-order valence-corrected chi connectivity index (χ4v) is 2.66. The molecule has 2 aromatic carbocycles. The Hall–Kier alpha value is -2.62. The Bertz CT molecular complexity index is 849. The van der Waals surface area contributed by atoms with E-state index in [1.165, 1.54) is 5.56 Å². The van der Waals surface area contributed by atoms with Gasteiger partial charge in [0.25, 0.3) is 5.91 Å². The molecular weight excluding hydrogens is 274 g/mol. The first-order valence-electron chi connectivity index (χ1n) is 7.43. The lowest BCUT2D eigenvalue weighted by Crippen LogP contribution is -2.22. The van der Waals surface area contributed by atoms with E-state index in [-0.39, 0.29) is 5.91 Å². The number of carbonyl (C=O) groups excluding carboxylic acids is 1. The molecule has 112 valence electrons. The Morgan fingerprint density at radius 3 is 2.82 bits per heavy atom. The maximum absolute atomic E-state index is 12.1. The van der Waals surface area contributed by atoms with Gasteiger partial charge < -0.3 is 5.32 Å². The van der Waals surface area contributed by atoms with Gasteiger partial charge in [-0.2, -0.15) is 5.10 Å². The van der Waals surface area contributed by atoms with Gasteiger partial charge in [-0.3, -0.25) is 9.89 Å². The summed E-state index contributed by atoms with van der Waals surface area (Å²) < 4.78 is 0. The average Bonchev–Trinajstić information content (AvgIpc) is 2.97. The molecule has 1 amide bonds. The maximum Gasteiger partial charge on any atom is 0.251 e. The van der Waals surface area contributed by atoms with Crippen molar-refractivity contribution >= 4 is 16.8 Å². The monoisotopic (exact) mass is 293 g/mol. The molecule has 0 aliphatic heterocycles. The van der Waals surface area contributed by atoms with E-state index >= 15 is 0 Å². The molecule has 0 atom stereocenters. The van der Waals surface area contributed by atoms with E-state index in [4.69, 9.17) is 0 Å². The number of nitrogens with zero attached hydrogens (tertiary/aromatic N) is 1. The van der Waals surface area contributed by atoms with Crippen molar-refractivity contribution in [3.05, 3.63) is 53.2 Å². The molecule has 0 bridgehead atoms. The standard InChI is InChI=1S/C18H19N3O/c1-4-19-18(22)15-7-11(2)12(3)16(8-15)13-5-6-14-10-20-21-17(14)9-13/h5-10H,4H2,1-3H3,(H,19,22)(H,20,21). The fraction of sp³-hybridized carbons (Fsp3) is 0.222. The van der Waals surface area contributed by atoms with Crippen LogP contribution in [-0.2, 0) is 0 Å². The molecule has 1 aromatic heterocycles. The van der Waals surface area contributed by atoms with Crippen LogP contribution in [0.1, 0.15) is 28.4 Å². The maximum atomic E-state index is 12.1. The first-order valence-corrected chi connectivity index (χ1v) is 7.43. The highest BCUT2D eigenvalue weighted by Crippen LogP contribution is 2.29. The van der Waals surface area contributed by atoms with Crippen LogP contribution in [0, 0.1) is 13.8 Å². The first-order chi connectivity index (χ1) is 10.6. The third-order valence-electron chi connectivity index (χ3n) is 4.02. The smallest absolute Gasteiger partial charge is 0.251 e. The molecule has 0 spiro atoms. The van der Waals surface area contributed by atoms with Crippen molar-refractivity contribution in [2.45, 2.75) is 20.8 Å². The van der Waals surface area contributed by atoms with Gasteiger partial charge >= 0.3 is 0 Å². The summed E-state index contributed by atoms with van der Waals surface area (Å²) in [5.74, 6) is -0.0329. The van der Waals surface area contributed by atoms with E-state index in [1.54, 1.807) is 0 Å². The van der Waals surface area contributed by atoms with Gasteiger partial charge in [-0.05, 0) is 61.2 Å². The van der Waals surface area contributed by atoms with Crippen LogP contribution in [0.25, 0.3) is 22.0 Å². The van der Waals surface area contributed by atoms with Gasteiger partial charge in [0.05, 0.1) is 11.7 Å². The van der Waals surface area contributed by atoms with E-state index in [1.807, 2.05) is 38.2 Å². The summed E-state index contributed by atoms with van der Waals surface area (Å²) in [5, 5.41) is 11.0. The molecule has 3 rings (SSSR count). The number of benzene rings is 2. The zero-order valence-electron chi connectivity index (χ0n) is 13.0. The number of nitrogens with one attached hydrogen (secondary N) is 2. The van der Waals surface area contributed by atoms with Crippen molar-refractivity contribution < 1.29 is 4.79 Å². The molecule has 0 radical (unpaired) electrons. The Labute approximate surface area is 129 Å². The molecule has 0 saturated carbocycles. The Balaban J connectivity index is 2.14. The number of hydrogen-bond acceptors (Lipinski definition) is 2. The van der Waals surface area contributed by atoms with Crippen molar-refractivity contribution in [1.29, 1.82) is 0 Å². The van der Waals surface area contributed by atoms with Crippen molar-refractivity contribution in [2.24, 2.45) is 0 Å². The normalized spacial score (nSPS) is 10.9. The molecule has 4 heteroatoms. The highest BCUT2D eigenvalue weighted by molar-refractivity contribution is 5.96. The lowest BCUT2D eigenvalue weighted by molar-refractivity contribution is 0.0956. The molecular formula is C18H19N3O. The minimum Gasteiger partial charge on any atom is -0.352 e. The van der Waals surface area contributed by atoms with Gasteiger partial charge in [0.15, 0.2) is 0 Å². The predicted octanol–water partition coefficient (Wildman–Crippen LogP) is 3.60. The van der Waals surface area contributed by atoms with Crippen LogP contribution >= 0.6 is 0 Å². The van der Waals surface area contributed by atoms with Gasteiger partial charge in [0.2, 0.25) is 0 Å². The van der Waals surface area contributed by atoms with Gasteiger partial charge in [0.1, 0.15) is 0 Å². The quantitative estimate of drug-likeness (QED) is 0.775. The molecule has 0 fully saturated rings. The molecule has 22 heavy (non-hydrogen) atoms. The lowest BCUT2D eigenvalue weighted by Gasteiger charge is -2.12. The summed E-state index contributed by atoms with van der Waals surface area (Å²) >= 11 is 0. The third kappa shape index (κ3) is 2.48. The minimum absolute atomic E-state index is 0.0329. The molecule has 0 saturated heterocycles. The number of fused-ring (bicyclic) bond motifs is 1. The number of aryl methyl sites for hydroxylation is 1. The molecule has 0 aliphatic rings. The molecule has 1 heterocycles. The molecule has 4 nitrogen and oxygen atoms in total. The van der Waals surface area contributed by atoms with Crippen molar-refractivity contribution in [1.82, 2.24) is 15.5 Å². The van der Waals surface area contributed by atoms with E-state index in [0.717, 1.165) is 27.6 Å². The largest absolute Gasteiger partial charge is 0.352 e. The van der Waals surface area contributed by atoms with Gasteiger partial charge in [-0.1, -0.05) is 12.1 Å². The Kier molecular flexibility index (Phi) is 3.67. The summed E-state index contributed by atoms with van der Waals surface area (Å²) in [6, 6.07) is 10.1. The third-order valence-corrected chi connectivity index (χ3v) is 4.02. The SMILES string of the molecule is CCNC(=O)c1cc(C)c(C)c(-c2ccc3cn[nH]c3c2)c1. The summed E-state index contributed by atoms with van der Waals surface area (Å²) in [5.41, 5.74) is 6.17. The number of carbonyl (C=O) groups is 1. The highest BCUT2D eigenvalue weighted by atomic mass is 16.1. The number of H-pyrrole nitrogens is 1. The lowest BCUT2D eigenvalue weighted by atomic mass is 9.93. The van der Waals surface area contributed by atoms with Crippen LogP contribution in [-0.4, -0.2) is 22.6 Å². The van der Waals surface area contributed by atoms with Crippen LogP contribution in [0.2, 0.25) is 0 Å². The molecule has 0 aliphatic carbocycles. The summed E-state index contributed by atoms with van der Waals surface area (Å²) in [6.45, 7) is 6.67. The van der Waals surface area contributed by atoms with Crippen LogP contribution in [0.3, 0.4) is 0 Å². The molecule has 3 aromatic rings. The number of rotatable bonds is 3. The second kappa shape index (κ2) is 5.64. The van der Waals surface area contributed by atoms with Crippen molar-refractivity contribution in [3.63, 3.8) is 0 Å². The topological polar surface area (TPSA) is 57.8 Å². The summed E-state index contributed by atoms with van der Waals surface area (Å²) in [7, 11) is 0. The van der Waals surface area contributed by atoms with Crippen LogP contribution in [0.5, 0.6) is 0 Å². The second-order valence-electron chi connectivity index (χ2n) is 5.50. The van der Waals surface area contributed by atoms with Gasteiger partial charge in [0, 0.05) is 17.5 Å². The van der Waals surface area contributed by atoms with E-state index < -0.39 is 0 Å². The Morgan fingerprint density at radius 1 is 1.23 bits per heavy atom. The number of aromatic nitrogens is 2.